The van der Waals surface area contributed by atoms with Gasteiger partial charge in [0, 0.05) is 30.1 Å². The molecule has 2 aromatic rings. The quantitative estimate of drug-likeness (QED) is 0.0653. The number of benzene rings is 1. The first-order chi connectivity index (χ1) is 19.3. The van der Waals surface area contributed by atoms with Crippen LogP contribution in [0.15, 0.2) is 35.5 Å². The summed E-state index contributed by atoms with van der Waals surface area (Å²) < 4.78 is 0. The van der Waals surface area contributed by atoms with E-state index in [0.717, 1.165) is 16.5 Å². The van der Waals surface area contributed by atoms with Gasteiger partial charge in [0.25, 0.3) is 0 Å². The molecule has 0 bridgehead atoms. The summed E-state index contributed by atoms with van der Waals surface area (Å²) in [6.07, 6.45) is 1.57. The second kappa shape index (κ2) is 15.2. The highest BCUT2D eigenvalue weighted by Gasteiger charge is 2.33. The van der Waals surface area contributed by atoms with Gasteiger partial charge in [-0.2, -0.15) is 0 Å². The predicted octanol–water partition coefficient (Wildman–Crippen LogP) is -1.24. The zero-order valence-corrected chi connectivity index (χ0v) is 22.9. The van der Waals surface area contributed by atoms with Crippen LogP contribution in [0.3, 0.4) is 0 Å². The lowest BCUT2D eigenvalue weighted by Gasteiger charge is -2.27. The van der Waals surface area contributed by atoms with Gasteiger partial charge in [0.15, 0.2) is 5.96 Å². The summed E-state index contributed by atoms with van der Waals surface area (Å²) in [5, 5.41) is 26.5. The monoisotopic (exact) mass is 574 g/mol. The number of nitrogens with two attached hydrogens (primary N) is 3. The number of hydrogen-bond acceptors (Lipinski definition) is 7. The third-order valence-electron chi connectivity index (χ3n) is 6.28. The molecule has 0 fully saturated rings. The van der Waals surface area contributed by atoms with Crippen LogP contribution >= 0.6 is 0 Å². The average molecular weight is 575 g/mol. The number of amides is 3. The molecular formula is C26H38N8O7. The second-order valence-electron chi connectivity index (χ2n) is 9.91. The number of fused-ring (bicyclic) bond motifs is 1. The number of nitrogens with zero attached hydrogens (tertiary/aromatic N) is 1. The van der Waals surface area contributed by atoms with E-state index >= 15 is 0 Å². The summed E-state index contributed by atoms with van der Waals surface area (Å²) >= 11 is 0. The van der Waals surface area contributed by atoms with E-state index in [4.69, 9.17) is 22.3 Å². The Kier molecular flexibility index (Phi) is 12.1. The van der Waals surface area contributed by atoms with Crippen molar-refractivity contribution in [3.63, 3.8) is 0 Å². The summed E-state index contributed by atoms with van der Waals surface area (Å²) in [5.41, 5.74) is 18.2. The van der Waals surface area contributed by atoms with Crippen molar-refractivity contribution in [2.75, 3.05) is 6.54 Å². The molecule has 3 amide bonds. The molecular weight excluding hydrogens is 536 g/mol. The van der Waals surface area contributed by atoms with Crippen molar-refractivity contribution in [2.24, 2.45) is 28.1 Å². The fraction of sp³-hybridized carbons (Fsp3) is 0.462. The maximum Gasteiger partial charge on any atom is 0.326 e. The van der Waals surface area contributed by atoms with Crippen molar-refractivity contribution < 1.29 is 34.2 Å². The molecule has 0 aliphatic rings. The van der Waals surface area contributed by atoms with Crippen molar-refractivity contribution >= 4 is 46.5 Å². The van der Waals surface area contributed by atoms with Gasteiger partial charge >= 0.3 is 11.9 Å². The summed E-state index contributed by atoms with van der Waals surface area (Å²) in [7, 11) is 0. The average Bonchev–Trinajstić information content (AvgIpc) is 3.30. The van der Waals surface area contributed by atoms with Gasteiger partial charge in [0.2, 0.25) is 17.7 Å². The number of nitrogens with one attached hydrogen (secondary N) is 4. The van der Waals surface area contributed by atoms with Gasteiger partial charge in [-0.15, -0.1) is 0 Å². The zero-order valence-electron chi connectivity index (χ0n) is 22.9. The molecule has 0 saturated heterocycles. The zero-order chi connectivity index (χ0) is 30.7. The van der Waals surface area contributed by atoms with Crippen LogP contribution in [0.25, 0.3) is 10.9 Å². The molecule has 4 unspecified atom stereocenters. The minimum atomic E-state index is -1.70. The SMILES string of the molecule is CC(C)C(NC(=O)C(Cc1c[nH]c2ccccc12)NC(=O)C(N)CCCN=C(N)N)C(=O)NC(CC(=O)O)C(=O)O. The lowest BCUT2D eigenvalue weighted by Crippen LogP contribution is -2.59. The van der Waals surface area contributed by atoms with Crippen LogP contribution in [0.4, 0.5) is 0 Å². The first-order valence-corrected chi connectivity index (χ1v) is 13.0. The third kappa shape index (κ3) is 10.1. The first kappa shape index (κ1) is 32.6. The van der Waals surface area contributed by atoms with Crippen LogP contribution in [0.5, 0.6) is 0 Å². The molecule has 0 saturated carbocycles. The lowest BCUT2D eigenvalue weighted by atomic mass is 9.99. The fourth-order valence-corrected chi connectivity index (χ4v) is 4.08. The van der Waals surface area contributed by atoms with E-state index in [0.29, 0.717) is 6.42 Å². The molecule has 15 heteroatoms. The van der Waals surface area contributed by atoms with Crippen LogP contribution in [0.2, 0.25) is 0 Å². The molecule has 1 aromatic carbocycles. The number of rotatable bonds is 16. The van der Waals surface area contributed by atoms with Crippen molar-refractivity contribution in [1.29, 1.82) is 0 Å². The van der Waals surface area contributed by atoms with E-state index < -0.39 is 66.2 Å². The van der Waals surface area contributed by atoms with Gasteiger partial charge in [0.05, 0.1) is 12.5 Å². The first-order valence-electron chi connectivity index (χ1n) is 13.0. The smallest absolute Gasteiger partial charge is 0.326 e. The fourth-order valence-electron chi connectivity index (χ4n) is 4.08. The number of aliphatic carboxylic acids is 2. The Morgan fingerprint density at radius 2 is 1.61 bits per heavy atom. The molecule has 12 N–H and O–H groups in total. The molecule has 224 valence electrons. The minimum Gasteiger partial charge on any atom is -0.481 e. The van der Waals surface area contributed by atoms with Crippen LogP contribution in [0, 0.1) is 5.92 Å². The Balaban J connectivity index is 2.25. The maximum absolute atomic E-state index is 13.5. The molecule has 2 rings (SSSR count). The van der Waals surface area contributed by atoms with E-state index in [1.165, 1.54) is 0 Å². The van der Waals surface area contributed by atoms with E-state index in [1.54, 1.807) is 20.0 Å². The number of carbonyl (C=O) groups excluding carboxylic acids is 3. The van der Waals surface area contributed by atoms with Gasteiger partial charge in [-0.05, 0) is 30.4 Å². The van der Waals surface area contributed by atoms with Crippen molar-refractivity contribution in [2.45, 2.75) is 63.7 Å². The summed E-state index contributed by atoms with van der Waals surface area (Å²) in [6, 6.07) is 2.32. The van der Waals surface area contributed by atoms with Crippen molar-refractivity contribution in [3.8, 4) is 0 Å². The molecule has 15 nitrogen and oxygen atoms in total. The predicted molar refractivity (Wildman–Crippen MR) is 150 cm³/mol. The normalized spacial score (nSPS) is 14.0. The number of aliphatic imine (C=N–C) groups is 1. The highest BCUT2D eigenvalue weighted by Crippen LogP contribution is 2.19. The number of carboxylic acids is 2. The number of aromatic amines is 1. The van der Waals surface area contributed by atoms with Crippen LogP contribution < -0.4 is 33.2 Å². The number of hydrogen-bond donors (Lipinski definition) is 9. The minimum absolute atomic E-state index is 0.0471. The standard InChI is InChI=1S/C26H38N8O7/c1-13(2)21(24(39)33-19(25(40)41)11-20(35)36)34-23(38)18(10-14-12-31-17-8-4-3-6-15(14)17)32-22(37)16(27)7-5-9-30-26(28)29/h3-4,6,8,12-13,16,18-19,21,31H,5,7,9-11,27H2,1-2H3,(H,32,37)(H,33,39)(H,34,38)(H,35,36)(H,40,41)(H4,28,29,30). The highest BCUT2D eigenvalue weighted by molar-refractivity contribution is 5.95. The van der Waals surface area contributed by atoms with E-state index in [1.807, 2.05) is 24.3 Å². The molecule has 1 aromatic heterocycles. The number of carbonyl (C=O) groups is 5. The number of carboxylic acid groups (broad SMARTS) is 2. The van der Waals surface area contributed by atoms with E-state index in [2.05, 4.69) is 25.9 Å². The molecule has 0 aliphatic carbocycles. The summed E-state index contributed by atoms with van der Waals surface area (Å²) in [6.45, 7) is 3.52. The Hall–Kier alpha value is -4.66. The Bertz CT molecular complexity index is 1270. The molecule has 0 radical (unpaired) electrons. The number of guanidine groups is 1. The Labute approximate surface area is 236 Å². The van der Waals surface area contributed by atoms with Crippen molar-refractivity contribution in [1.82, 2.24) is 20.9 Å². The molecule has 4 atom stereocenters. The Morgan fingerprint density at radius 1 is 0.951 bits per heavy atom. The van der Waals surface area contributed by atoms with Crippen LogP contribution in [-0.4, -0.2) is 81.5 Å². The van der Waals surface area contributed by atoms with E-state index in [-0.39, 0.29) is 25.3 Å². The molecule has 41 heavy (non-hydrogen) atoms. The van der Waals surface area contributed by atoms with Gasteiger partial charge < -0.3 is 48.3 Å². The maximum atomic E-state index is 13.5. The van der Waals surface area contributed by atoms with Gasteiger partial charge in [-0.3, -0.25) is 24.2 Å². The lowest BCUT2D eigenvalue weighted by molar-refractivity contribution is -0.147. The molecule has 1 heterocycles. The van der Waals surface area contributed by atoms with Gasteiger partial charge in [-0.1, -0.05) is 32.0 Å². The van der Waals surface area contributed by atoms with Crippen LogP contribution in [-0.2, 0) is 30.4 Å². The van der Waals surface area contributed by atoms with Gasteiger partial charge in [-0.25, -0.2) is 4.79 Å². The topological polar surface area (TPSA) is 268 Å². The number of para-hydroxylation sites is 1. The largest absolute Gasteiger partial charge is 0.481 e. The highest BCUT2D eigenvalue weighted by atomic mass is 16.4. The summed E-state index contributed by atoms with van der Waals surface area (Å²) in [4.78, 5) is 68.8. The Morgan fingerprint density at radius 3 is 2.22 bits per heavy atom. The molecule has 0 aliphatic heterocycles. The van der Waals surface area contributed by atoms with Crippen LogP contribution in [0.1, 0.15) is 38.7 Å². The molecule has 0 spiro atoms. The van der Waals surface area contributed by atoms with E-state index in [9.17, 15) is 29.1 Å². The number of H-pyrrole nitrogens is 1. The third-order valence-corrected chi connectivity index (χ3v) is 6.28. The number of aromatic nitrogens is 1. The van der Waals surface area contributed by atoms with Crippen molar-refractivity contribution in [3.05, 3.63) is 36.0 Å². The summed E-state index contributed by atoms with van der Waals surface area (Å²) in [5.74, 6) is -5.74. The van der Waals surface area contributed by atoms with Gasteiger partial charge in [0.1, 0.15) is 18.1 Å². The second-order valence-corrected chi connectivity index (χ2v) is 9.91.